The van der Waals surface area contributed by atoms with Gasteiger partial charge in [0.15, 0.2) is 0 Å². The Morgan fingerprint density at radius 2 is 1.11 bits per heavy atom. The Morgan fingerprint density at radius 3 is 1.72 bits per heavy atom. The Morgan fingerprint density at radius 1 is 0.611 bits per heavy atom. The van der Waals surface area contributed by atoms with Gasteiger partial charge >= 0.3 is 0 Å². The Labute approximate surface area is 116 Å². The summed E-state index contributed by atoms with van der Waals surface area (Å²) in [6, 6.07) is 0. The minimum atomic E-state index is 1.32. The molecule has 18 heavy (non-hydrogen) atoms. The van der Waals surface area contributed by atoms with Crippen LogP contribution in [0.3, 0.4) is 0 Å². The second kappa shape index (κ2) is 14.8. The second-order valence-corrected chi connectivity index (χ2v) is 5.63. The van der Waals surface area contributed by atoms with Crippen LogP contribution in [0.2, 0.25) is 0 Å². The zero-order chi connectivity index (χ0) is 13.5. The van der Waals surface area contributed by atoms with Crippen molar-refractivity contribution in [2.75, 3.05) is 0 Å². The fraction of sp³-hybridized carbons (Fsp3) is 0.889. The molecule has 0 aromatic heterocycles. The molecule has 0 aromatic rings. The summed E-state index contributed by atoms with van der Waals surface area (Å²) >= 11 is 0. The normalized spacial score (nSPS) is 12.1. The van der Waals surface area contributed by atoms with E-state index < -0.39 is 0 Å². The minimum Gasteiger partial charge on any atom is -0.0853 e. The van der Waals surface area contributed by atoms with Crippen LogP contribution in [-0.2, 0) is 0 Å². The van der Waals surface area contributed by atoms with E-state index in [0.717, 1.165) is 0 Å². The summed E-state index contributed by atoms with van der Waals surface area (Å²) in [5.74, 6) is 0. The molecule has 0 spiro atoms. The van der Waals surface area contributed by atoms with Crippen LogP contribution in [0.1, 0.15) is 104 Å². The van der Waals surface area contributed by atoms with Crippen molar-refractivity contribution >= 4 is 0 Å². The number of unbranched alkanes of at least 4 members (excludes halogenated alkanes) is 8. The zero-order valence-electron chi connectivity index (χ0n) is 13.3. The quantitative estimate of drug-likeness (QED) is 0.243. The van der Waals surface area contributed by atoms with Crippen LogP contribution in [0.4, 0.5) is 0 Å². The van der Waals surface area contributed by atoms with Crippen LogP contribution >= 0.6 is 0 Å². The molecule has 108 valence electrons. The van der Waals surface area contributed by atoms with Crippen LogP contribution in [0.25, 0.3) is 0 Å². The van der Waals surface area contributed by atoms with E-state index in [-0.39, 0.29) is 0 Å². The van der Waals surface area contributed by atoms with Crippen molar-refractivity contribution in [3.8, 4) is 0 Å². The fourth-order valence-electron chi connectivity index (χ4n) is 2.41. The molecule has 0 atom stereocenters. The van der Waals surface area contributed by atoms with Gasteiger partial charge in [0.2, 0.25) is 0 Å². The lowest BCUT2D eigenvalue weighted by Gasteiger charge is -2.08. The molecule has 0 bridgehead atoms. The van der Waals surface area contributed by atoms with Crippen LogP contribution in [-0.4, -0.2) is 0 Å². The first-order valence-electron chi connectivity index (χ1n) is 8.53. The number of allylic oxidation sites excluding steroid dienone is 2. The van der Waals surface area contributed by atoms with Crippen LogP contribution in [0.15, 0.2) is 11.6 Å². The summed E-state index contributed by atoms with van der Waals surface area (Å²) in [6.07, 6.45) is 20.5. The monoisotopic (exact) mass is 252 g/mol. The van der Waals surface area contributed by atoms with Gasteiger partial charge < -0.3 is 0 Å². The molecule has 0 aliphatic carbocycles. The highest BCUT2D eigenvalue weighted by Crippen LogP contribution is 2.18. The third-order valence-electron chi connectivity index (χ3n) is 3.69. The van der Waals surface area contributed by atoms with Crippen LogP contribution in [0, 0.1) is 0 Å². The molecule has 0 unspecified atom stereocenters. The molecule has 0 aromatic carbocycles. The van der Waals surface area contributed by atoms with Gasteiger partial charge in [-0.15, -0.1) is 0 Å². The molecular weight excluding hydrogens is 216 g/mol. The van der Waals surface area contributed by atoms with E-state index in [1.54, 1.807) is 5.57 Å². The third kappa shape index (κ3) is 12.2. The summed E-state index contributed by atoms with van der Waals surface area (Å²) < 4.78 is 0. The summed E-state index contributed by atoms with van der Waals surface area (Å²) in [7, 11) is 0. The van der Waals surface area contributed by atoms with Crippen molar-refractivity contribution in [2.45, 2.75) is 104 Å². The van der Waals surface area contributed by atoms with E-state index in [9.17, 15) is 0 Å². The maximum atomic E-state index is 2.57. The van der Waals surface area contributed by atoms with Crippen molar-refractivity contribution in [2.24, 2.45) is 0 Å². The Bertz CT molecular complexity index is 178. The van der Waals surface area contributed by atoms with Crippen molar-refractivity contribution in [1.82, 2.24) is 0 Å². The molecule has 0 saturated heterocycles. The zero-order valence-corrected chi connectivity index (χ0v) is 13.3. The third-order valence-corrected chi connectivity index (χ3v) is 3.69. The first kappa shape index (κ1) is 17.7. The van der Waals surface area contributed by atoms with Gasteiger partial charge in [0, 0.05) is 0 Å². The molecule has 0 N–H and O–H groups in total. The van der Waals surface area contributed by atoms with Crippen molar-refractivity contribution in [1.29, 1.82) is 0 Å². The lowest BCUT2D eigenvalue weighted by molar-refractivity contribution is 0.632. The lowest BCUT2D eigenvalue weighted by Crippen LogP contribution is -1.88. The van der Waals surface area contributed by atoms with Gasteiger partial charge in [0.05, 0.1) is 0 Å². The van der Waals surface area contributed by atoms with E-state index in [2.05, 4.69) is 26.8 Å². The molecular formula is C18H36. The Kier molecular flexibility index (Phi) is 14.6. The first-order valence-corrected chi connectivity index (χ1v) is 8.53. The van der Waals surface area contributed by atoms with E-state index in [1.165, 1.54) is 83.5 Å². The maximum Gasteiger partial charge on any atom is -0.0320 e. The second-order valence-electron chi connectivity index (χ2n) is 5.63. The average Bonchev–Trinajstić information content (AvgIpc) is 2.39. The summed E-state index contributed by atoms with van der Waals surface area (Å²) in [4.78, 5) is 0. The first-order chi connectivity index (χ1) is 8.85. The van der Waals surface area contributed by atoms with Gasteiger partial charge in [-0.05, 0) is 38.5 Å². The largest absolute Gasteiger partial charge is 0.0853 e. The predicted molar refractivity (Wildman–Crippen MR) is 85.1 cm³/mol. The molecule has 0 saturated carbocycles. The Hall–Kier alpha value is -0.260. The molecule has 0 rings (SSSR count). The average molecular weight is 252 g/mol. The molecule has 0 fully saturated rings. The molecule has 0 nitrogen and oxygen atoms in total. The molecule has 0 heteroatoms. The van der Waals surface area contributed by atoms with Gasteiger partial charge in [0.25, 0.3) is 0 Å². The molecule has 0 heterocycles. The predicted octanol–water partition coefficient (Wildman–Crippen LogP) is 7.04. The molecule has 0 aliphatic rings. The molecule has 0 aliphatic heterocycles. The van der Waals surface area contributed by atoms with E-state index in [0.29, 0.717) is 0 Å². The van der Waals surface area contributed by atoms with Gasteiger partial charge in [-0.25, -0.2) is 0 Å². The fourth-order valence-corrected chi connectivity index (χ4v) is 2.41. The summed E-state index contributed by atoms with van der Waals surface area (Å²) in [5.41, 5.74) is 1.76. The van der Waals surface area contributed by atoms with Gasteiger partial charge in [-0.3, -0.25) is 0 Å². The van der Waals surface area contributed by atoms with Gasteiger partial charge in [0.1, 0.15) is 0 Å². The highest BCUT2D eigenvalue weighted by molar-refractivity contribution is 5.01. The smallest absolute Gasteiger partial charge is 0.0320 e. The van der Waals surface area contributed by atoms with Crippen molar-refractivity contribution < 1.29 is 0 Å². The van der Waals surface area contributed by atoms with Crippen LogP contribution in [0.5, 0.6) is 0 Å². The van der Waals surface area contributed by atoms with Gasteiger partial charge in [-0.1, -0.05) is 77.4 Å². The minimum absolute atomic E-state index is 1.32. The lowest BCUT2D eigenvalue weighted by atomic mass is 9.99. The molecule has 0 radical (unpaired) electrons. The topological polar surface area (TPSA) is 0 Å². The van der Waals surface area contributed by atoms with Crippen molar-refractivity contribution in [3.05, 3.63) is 11.6 Å². The summed E-state index contributed by atoms with van der Waals surface area (Å²) in [5, 5.41) is 0. The van der Waals surface area contributed by atoms with E-state index in [1.807, 2.05) is 0 Å². The standard InChI is InChI=1S/C18H36/c1-4-7-10-13-16-18(15-12-9-6-3)17-14-11-8-5-2/h16H,4-15,17H2,1-3H3/b18-16-. The SMILES string of the molecule is CCCCC/C=C(/CCCCC)CCCCCC. The Balaban J connectivity index is 3.82. The summed E-state index contributed by atoms with van der Waals surface area (Å²) in [6.45, 7) is 6.88. The number of hydrogen-bond donors (Lipinski definition) is 0. The highest BCUT2D eigenvalue weighted by atomic mass is 14.0. The van der Waals surface area contributed by atoms with Crippen molar-refractivity contribution in [3.63, 3.8) is 0 Å². The maximum absolute atomic E-state index is 2.57. The van der Waals surface area contributed by atoms with Crippen LogP contribution < -0.4 is 0 Å². The van der Waals surface area contributed by atoms with Gasteiger partial charge in [-0.2, -0.15) is 0 Å². The molecule has 0 amide bonds. The van der Waals surface area contributed by atoms with E-state index in [4.69, 9.17) is 0 Å². The van der Waals surface area contributed by atoms with E-state index >= 15 is 0 Å². The number of hydrogen-bond acceptors (Lipinski definition) is 0. The number of rotatable bonds is 13. The highest BCUT2D eigenvalue weighted by Gasteiger charge is 1.98.